The van der Waals surface area contributed by atoms with Crippen LogP contribution >= 0.6 is 0 Å². The number of hydrogen-bond acceptors (Lipinski definition) is 4. The number of sulfonamides is 1. The molecule has 2 aromatic rings. The van der Waals surface area contributed by atoms with Crippen LogP contribution in [0.25, 0.3) is 0 Å². The summed E-state index contributed by atoms with van der Waals surface area (Å²) in [6, 6.07) is 4.31. The third-order valence-corrected chi connectivity index (χ3v) is 3.69. The molecule has 0 amide bonds. The van der Waals surface area contributed by atoms with Crippen LogP contribution in [0.1, 0.15) is 0 Å². The number of phenolic OH excluding ortho intramolecular Hbond substituents is 1. The molecule has 1 heterocycles. The van der Waals surface area contributed by atoms with Gasteiger partial charge in [0.05, 0.1) is 11.9 Å². The molecule has 2 rings (SSSR count). The van der Waals surface area contributed by atoms with Crippen molar-refractivity contribution in [3.05, 3.63) is 36.3 Å². The first-order chi connectivity index (χ1) is 8.40. The maximum absolute atomic E-state index is 12.8. The highest BCUT2D eigenvalue weighted by Gasteiger charge is 2.19. The van der Waals surface area contributed by atoms with Crippen LogP contribution in [0.2, 0.25) is 0 Å². The van der Waals surface area contributed by atoms with E-state index in [0.717, 1.165) is 18.2 Å². The summed E-state index contributed by atoms with van der Waals surface area (Å²) in [5, 5.41) is 13.1. The molecule has 6 nitrogen and oxygen atoms in total. The summed E-state index contributed by atoms with van der Waals surface area (Å²) >= 11 is 0. The number of rotatable bonds is 3. The fourth-order valence-electron chi connectivity index (χ4n) is 1.41. The molecule has 2 N–H and O–H groups in total. The van der Waals surface area contributed by atoms with E-state index in [0.29, 0.717) is 0 Å². The number of anilines is 1. The van der Waals surface area contributed by atoms with E-state index in [9.17, 15) is 17.9 Å². The summed E-state index contributed by atoms with van der Waals surface area (Å²) in [5.74, 6) is -1.14. The lowest BCUT2D eigenvalue weighted by Gasteiger charge is -2.09. The monoisotopic (exact) mass is 271 g/mol. The molecule has 0 saturated heterocycles. The maximum Gasteiger partial charge on any atom is 0.279 e. The van der Waals surface area contributed by atoms with Crippen molar-refractivity contribution in [3.63, 3.8) is 0 Å². The van der Waals surface area contributed by atoms with Gasteiger partial charge in [-0.05, 0) is 18.2 Å². The summed E-state index contributed by atoms with van der Waals surface area (Å²) in [5.41, 5.74) is -0.0994. The standard InChI is InChI=1S/C10H10FN3O3S/c1-14-10(4-5-12-14)18(16,17)13-8-3-2-7(11)6-9(8)15/h2-6,13,15H,1H3. The first-order valence-corrected chi connectivity index (χ1v) is 6.38. The normalized spacial score (nSPS) is 11.4. The second-order valence-corrected chi connectivity index (χ2v) is 5.19. The van der Waals surface area contributed by atoms with Gasteiger partial charge in [0.1, 0.15) is 11.6 Å². The number of nitrogens with one attached hydrogen (secondary N) is 1. The lowest BCUT2D eigenvalue weighted by molar-refractivity contribution is 0.471. The van der Waals surface area contributed by atoms with E-state index in [1.165, 1.54) is 24.0 Å². The van der Waals surface area contributed by atoms with Crippen LogP contribution < -0.4 is 4.72 Å². The smallest absolute Gasteiger partial charge is 0.279 e. The van der Waals surface area contributed by atoms with Crippen LogP contribution in [0.3, 0.4) is 0 Å². The molecule has 0 unspecified atom stereocenters. The highest BCUT2D eigenvalue weighted by Crippen LogP contribution is 2.26. The van der Waals surface area contributed by atoms with Crippen molar-refractivity contribution in [3.8, 4) is 5.75 Å². The van der Waals surface area contributed by atoms with Crippen molar-refractivity contribution in [1.82, 2.24) is 9.78 Å². The van der Waals surface area contributed by atoms with Crippen molar-refractivity contribution >= 4 is 15.7 Å². The summed E-state index contributed by atoms with van der Waals surface area (Å²) in [6.45, 7) is 0. The topological polar surface area (TPSA) is 84.2 Å². The van der Waals surface area contributed by atoms with Crippen molar-refractivity contribution < 1.29 is 17.9 Å². The largest absolute Gasteiger partial charge is 0.506 e. The van der Waals surface area contributed by atoms with Crippen molar-refractivity contribution in [2.45, 2.75) is 5.03 Å². The van der Waals surface area contributed by atoms with Gasteiger partial charge >= 0.3 is 0 Å². The molecule has 0 spiro atoms. The number of aromatic nitrogens is 2. The molecule has 0 bridgehead atoms. The Hall–Kier alpha value is -2.09. The number of halogens is 1. The lowest BCUT2D eigenvalue weighted by Crippen LogP contribution is -2.16. The van der Waals surface area contributed by atoms with E-state index < -0.39 is 21.6 Å². The summed E-state index contributed by atoms with van der Waals surface area (Å²) < 4.78 is 40.0. The molecule has 96 valence electrons. The van der Waals surface area contributed by atoms with E-state index in [1.54, 1.807) is 0 Å². The summed E-state index contributed by atoms with van der Waals surface area (Å²) in [4.78, 5) is 0. The second kappa shape index (κ2) is 4.30. The summed E-state index contributed by atoms with van der Waals surface area (Å²) in [7, 11) is -2.40. The molecule has 0 saturated carbocycles. The molecule has 0 aliphatic heterocycles. The molecule has 0 aliphatic carbocycles. The minimum absolute atomic E-state index is 0.0637. The zero-order valence-corrected chi connectivity index (χ0v) is 10.1. The molecule has 1 aromatic heterocycles. The van der Waals surface area contributed by atoms with Crippen molar-refractivity contribution in [2.24, 2.45) is 7.05 Å². The second-order valence-electron chi connectivity index (χ2n) is 3.56. The van der Waals surface area contributed by atoms with E-state index >= 15 is 0 Å². The summed E-state index contributed by atoms with van der Waals surface area (Å²) in [6.07, 6.45) is 1.33. The fraction of sp³-hybridized carbons (Fsp3) is 0.100. The molecule has 18 heavy (non-hydrogen) atoms. The molecular weight excluding hydrogens is 261 g/mol. The van der Waals surface area contributed by atoms with Gasteiger partial charge in [-0.2, -0.15) is 13.5 Å². The Morgan fingerprint density at radius 1 is 1.39 bits per heavy atom. The minimum Gasteiger partial charge on any atom is -0.506 e. The first kappa shape index (κ1) is 12.4. The maximum atomic E-state index is 12.8. The average Bonchev–Trinajstić information content (AvgIpc) is 2.69. The van der Waals surface area contributed by atoms with Gasteiger partial charge in [-0.3, -0.25) is 9.40 Å². The van der Waals surface area contributed by atoms with E-state index in [-0.39, 0.29) is 10.7 Å². The molecule has 0 aliphatic rings. The van der Waals surface area contributed by atoms with Crippen molar-refractivity contribution in [1.29, 1.82) is 0 Å². The van der Waals surface area contributed by atoms with Gasteiger partial charge in [0.15, 0.2) is 5.03 Å². The number of aryl methyl sites for hydroxylation is 1. The van der Waals surface area contributed by atoms with Gasteiger partial charge in [-0.1, -0.05) is 0 Å². The highest BCUT2D eigenvalue weighted by atomic mass is 32.2. The number of hydrogen-bond donors (Lipinski definition) is 2. The number of benzene rings is 1. The van der Waals surface area contributed by atoms with Gasteiger partial charge < -0.3 is 5.11 Å². The Bertz CT molecular complexity index is 681. The molecule has 8 heteroatoms. The Morgan fingerprint density at radius 2 is 2.11 bits per heavy atom. The van der Waals surface area contributed by atoms with E-state index in [2.05, 4.69) is 9.82 Å². The fourth-order valence-corrected chi connectivity index (χ4v) is 2.62. The molecule has 1 aromatic carbocycles. The third kappa shape index (κ3) is 2.28. The van der Waals surface area contributed by atoms with Gasteiger partial charge in [-0.15, -0.1) is 0 Å². The lowest BCUT2D eigenvalue weighted by atomic mass is 10.3. The average molecular weight is 271 g/mol. The highest BCUT2D eigenvalue weighted by molar-refractivity contribution is 7.92. The predicted molar refractivity (Wildman–Crippen MR) is 62.1 cm³/mol. The molecular formula is C10H10FN3O3S. The Kier molecular flexibility index (Phi) is 2.95. The number of aromatic hydroxyl groups is 1. The quantitative estimate of drug-likeness (QED) is 0.818. The minimum atomic E-state index is -3.87. The van der Waals surface area contributed by atoms with Gasteiger partial charge in [0.25, 0.3) is 10.0 Å². The predicted octanol–water partition coefficient (Wildman–Crippen LogP) is 1.07. The van der Waals surface area contributed by atoms with E-state index in [1.807, 2.05) is 0 Å². The van der Waals surface area contributed by atoms with Gasteiger partial charge in [0, 0.05) is 13.1 Å². The molecule has 0 radical (unpaired) electrons. The van der Waals surface area contributed by atoms with Crippen molar-refractivity contribution in [2.75, 3.05) is 4.72 Å². The zero-order valence-electron chi connectivity index (χ0n) is 9.33. The van der Waals surface area contributed by atoms with Gasteiger partial charge in [0.2, 0.25) is 0 Å². The van der Waals surface area contributed by atoms with Crippen LogP contribution in [0.4, 0.5) is 10.1 Å². The number of nitrogens with zero attached hydrogens (tertiary/aromatic N) is 2. The Labute approximate surface area is 103 Å². The Balaban J connectivity index is 2.37. The van der Waals surface area contributed by atoms with Crippen LogP contribution in [-0.2, 0) is 17.1 Å². The zero-order chi connectivity index (χ0) is 13.3. The number of phenols is 1. The third-order valence-electron chi connectivity index (χ3n) is 2.26. The van der Waals surface area contributed by atoms with Crippen LogP contribution in [0.15, 0.2) is 35.5 Å². The Morgan fingerprint density at radius 3 is 2.67 bits per heavy atom. The van der Waals surface area contributed by atoms with Crippen LogP contribution in [0.5, 0.6) is 5.75 Å². The SMILES string of the molecule is Cn1nccc1S(=O)(=O)Nc1ccc(F)cc1O. The van der Waals surface area contributed by atoms with Crippen LogP contribution in [-0.4, -0.2) is 23.3 Å². The van der Waals surface area contributed by atoms with Crippen LogP contribution in [0, 0.1) is 5.82 Å². The molecule has 0 fully saturated rings. The van der Waals surface area contributed by atoms with Gasteiger partial charge in [-0.25, -0.2) is 4.39 Å². The molecule has 0 atom stereocenters. The first-order valence-electron chi connectivity index (χ1n) is 4.89. The van der Waals surface area contributed by atoms with E-state index in [4.69, 9.17) is 0 Å².